The summed E-state index contributed by atoms with van der Waals surface area (Å²) in [5.74, 6) is -0.431. The fourth-order valence-corrected chi connectivity index (χ4v) is 4.21. The number of thiazole rings is 1. The van der Waals surface area contributed by atoms with E-state index in [1.165, 1.54) is 29.2 Å². The van der Waals surface area contributed by atoms with Crippen LogP contribution in [0.1, 0.15) is 25.8 Å². The van der Waals surface area contributed by atoms with Crippen molar-refractivity contribution in [1.29, 1.82) is 0 Å². The van der Waals surface area contributed by atoms with Gasteiger partial charge in [-0.15, -0.1) is 0 Å². The van der Waals surface area contributed by atoms with Crippen LogP contribution in [0.4, 0.5) is 19.7 Å². The van der Waals surface area contributed by atoms with Gasteiger partial charge in [0.25, 0.3) is 0 Å². The SMILES string of the molecule is CC(C)C[C@H](CO)Nc1nc(SCc2ccc(F)c(F)c2)nc2nc(N)sc12. The smallest absolute Gasteiger partial charge is 0.191 e. The molecule has 0 aliphatic rings. The van der Waals surface area contributed by atoms with E-state index in [-0.39, 0.29) is 12.6 Å². The monoisotopic (exact) mass is 425 g/mol. The van der Waals surface area contributed by atoms with Gasteiger partial charge in [0.2, 0.25) is 0 Å². The number of anilines is 2. The lowest BCUT2D eigenvalue weighted by Crippen LogP contribution is -2.26. The molecule has 4 N–H and O–H groups in total. The van der Waals surface area contributed by atoms with Crippen molar-refractivity contribution >= 4 is 44.4 Å². The molecule has 0 radical (unpaired) electrons. The number of aliphatic hydroxyl groups is 1. The van der Waals surface area contributed by atoms with Gasteiger partial charge in [0.05, 0.1) is 12.6 Å². The molecule has 0 aliphatic carbocycles. The van der Waals surface area contributed by atoms with E-state index in [9.17, 15) is 13.9 Å². The number of aliphatic hydroxyl groups excluding tert-OH is 1. The van der Waals surface area contributed by atoms with Crippen molar-refractivity contribution in [1.82, 2.24) is 15.0 Å². The van der Waals surface area contributed by atoms with Crippen LogP contribution in [-0.2, 0) is 5.75 Å². The van der Waals surface area contributed by atoms with Gasteiger partial charge in [-0.25, -0.2) is 23.7 Å². The Morgan fingerprint density at radius 3 is 2.68 bits per heavy atom. The highest BCUT2D eigenvalue weighted by Gasteiger charge is 2.17. The first-order chi connectivity index (χ1) is 13.4. The minimum absolute atomic E-state index is 0.0324. The first-order valence-electron chi connectivity index (χ1n) is 8.74. The van der Waals surface area contributed by atoms with Crippen LogP contribution in [0.25, 0.3) is 10.3 Å². The first-order valence-corrected chi connectivity index (χ1v) is 10.5. The third-order valence-electron chi connectivity index (χ3n) is 3.92. The lowest BCUT2D eigenvalue weighted by molar-refractivity contribution is 0.259. The van der Waals surface area contributed by atoms with E-state index in [0.717, 1.165) is 23.3 Å². The molecule has 28 heavy (non-hydrogen) atoms. The molecular formula is C18H21F2N5OS2. The topological polar surface area (TPSA) is 97.0 Å². The number of rotatable bonds is 8. The molecule has 6 nitrogen and oxygen atoms in total. The predicted octanol–water partition coefficient (Wildman–Crippen LogP) is 4.06. The van der Waals surface area contributed by atoms with Crippen molar-refractivity contribution in [3.8, 4) is 0 Å². The minimum Gasteiger partial charge on any atom is -0.394 e. The van der Waals surface area contributed by atoms with Gasteiger partial charge in [-0.3, -0.25) is 0 Å². The average molecular weight is 426 g/mol. The molecule has 0 spiro atoms. The molecular weight excluding hydrogens is 404 g/mol. The summed E-state index contributed by atoms with van der Waals surface area (Å²) in [6, 6.07) is 3.62. The molecule has 0 amide bonds. The van der Waals surface area contributed by atoms with Gasteiger partial charge in [0, 0.05) is 5.75 Å². The van der Waals surface area contributed by atoms with E-state index in [0.29, 0.717) is 39.0 Å². The van der Waals surface area contributed by atoms with Crippen molar-refractivity contribution < 1.29 is 13.9 Å². The highest BCUT2D eigenvalue weighted by Crippen LogP contribution is 2.32. The molecule has 0 unspecified atom stereocenters. The summed E-state index contributed by atoms with van der Waals surface area (Å²) in [5.41, 5.74) is 6.91. The quantitative estimate of drug-likeness (QED) is 0.370. The number of nitrogens with two attached hydrogens (primary N) is 1. The Labute approximate surface area is 169 Å². The molecule has 0 saturated heterocycles. The van der Waals surface area contributed by atoms with Crippen LogP contribution in [0.15, 0.2) is 23.4 Å². The Kier molecular flexibility index (Phi) is 6.63. The zero-order chi connectivity index (χ0) is 20.3. The van der Waals surface area contributed by atoms with Crippen molar-refractivity contribution in [2.45, 2.75) is 37.2 Å². The van der Waals surface area contributed by atoms with Crippen molar-refractivity contribution in [2.75, 3.05) is 17.7 Å². The predicted molar refractivity (Wildman–Crippen MR) is 109 cm³/mol. The van der Waals surface area contributed by atoms with Gasteiger partial charge in [-0.05, 0) is 30.0 Å². The van der Waals surface area contributed by atoms with Crippen LogP contribution >= 0.6 is 23.1 Å². The van der Waals surface area contributed by atoms with Gasteiger partial charge in [-0.1, -0.05) is 43.0 Å². The second-order valence-electron chi connectivity index (χ2n) is 6.75. The van der Waals surface area contributed by atoms with Crippen LogP contribution < -0.4 is 11.1 Å². The molecule has 0 fully saturated rings. The van der Waals surface area contributed by atoms with Crippen LogP contribution in [0.5, 0.6) is 0 Å². The maximum atomic E-state index is 13.4. The van der Waals surface area contributed by atoms with Crippen LogP contribution in [0, 0.1) is 17.6 Å². The van der Waals surface area contributed by atoms with Crippen LogP contribution in [-0.4, -0.2) is 32.7 Å². The number of aromatic nitrogens is 3. The summed E-state index contributed by atoms with van der Waals surface area (Å²) in [6.45, 7) is 4.12. The molecule has 2 aromatic heterocycles. The zero-order valence-corrected chi connectivity index (χ0v) is 17.1. The fraction of sp³-hybridized carbons (Fsp3) is 0.389. The Morgan fingerprint density at radius 2 is 2.00 bits per heavy atom. The standard InChI is InChI=1S/C18H21F2N5OS2/c1-9(2)5-11(7-26)22-15-14-16(23-17(21)28-14)25-18(24-15)27-8-10-3-4-12(19)13(20)6-10/h3-4,6,9,11,26H,5,7-8H2,1-2H3,(H3,21,22,23,24,25)/t11-/m1/s1. The minimum atomic E-state index is -0.886. The lowest BCUT2D eigenvalue weighted by Gasteiger charge is -2.19. The number of hydrogen-bond donors (Lipinski definition) is 3. The van der Waals surface area contributed by atoms with E-state index in [2.05, 4.69) is 34.1 Å². The van der Waals surface area contributed by atoms with Crippen molar-refractivity contribution in [3.05, 3.63) is 35.4 Å². The first kappa shape index (κ1) is 20.7. The highest BCUT2D eigenvalue weighted by molar-refractivity contribution is 7.98. The van der Waals surface area contributed by atoms with Gasteiger partial charge in [0.1, 0.15) is 4.70 Å². The molecule has 0 saturated carbocycles. The Morgan fingerprint density at radius 1 is 1.21 bits per heavy atom. The van der Waals surface area contributed by atoms with Gasteiger partial charge in [0.15, 0.2) is 33.4 Å². The summed E-state index contributed by atoms with van der Waals surface area (Å²) in [4.78, 5) is 13.2. The Bertz CT molecular complexity index is 967. The lowest BCUT2D eigenvalue weighted by atomic mass is 10.0. The molecule has 3 aromatic rings. The number of thioether (sulfide) groups is 1. The Hall–Kier alpha value is -2.04. The molecule has 150 valence electrons. The maximum Gasteiger partial charge on any atom is 0.191 e. The van der Waals surface area contributed by atoms with E-state index >= 15 is 0 Å². The summed E-state index contributed by atoms with van der Waals surface area (Å²) in [7, 11) is 0. The number of hydrogen-bond acceptors (Lipinski definition) is 8. The second-order valence-corrected chi connectivity index (χ2v) is 8.72. The number of nitrogen functional groups attached to an aromatic ring is 1. The third-order valence-corrected chi connectivity index (χ3v) is 5.72. The molecule has 3 rings (SSSR count). The van der Waals surface area contributed by atoms with Gasteiger partial charge >= 0.3 is 0 Å². The van der Waals surface area contributed by atoms with E-state index in [4.69, 9.17) is 5.73 Å². The van der Waals surface area contributed by atoms with Crippen molar-refractivity contribution in [3.63, 3.8) is 0 Å². The summed E-state index contributed by atoms with van der Waals surface area (Å²) < 4.78 is 27.2. The van der Waals surface area contributed by atoms with Crippen molar-refractivity contribution in [2.24, 2.45) is 5.92 Å². The molecule has 0 bridgehead atoms. The number of nitrogens with zero attached hydrogens (tertiary/aromatic N) is 3. The third kappa shape index (κ3) is 5.06. The number of nitrogens with one attached hydrogen (secondary N) is 1. The number of halogens is 2. The Balaban J connectivity index is 1.85. The van der Waals surface area contributed by atoms with E-state index < -0.39 is 11.6 Å². The molecule has 1 aromatic carbocycles. The molecule has 1 atom stereocenters. The molecule has 2 heterocycles. The van der Waals surface area contributed by atoms with Gasteiger partial charge < -0.3 is 16.2 Å². The normalized spacial score (nSPS) is 12.6. The van der Waals surface area contributed by atoms with Crippen LogP contribution in [0.3, 0.4) is 0 Å². The fourth-order valence-electron chi connectivity index (χ4n) is 2.70. The molecule has 0 aliphatic heterocycles. The second kappa shape index (κ2) is 8.97. The van der Waals surface area contributed by atoms with E-state index in [1.54, 1.807) is 0 Å². The highest BCUT2D eigenvalue weighted by atomic mass is 32.2. The summed E-state index contributed by atoms with van der Waals surface area (Å²) in [6.07, 6.45) is 0.771. The zero-order valence-electron chi connectivity index (χ0n) is 15.4. The number of fused-ring (bicyclic) bond motifs is 1. The molecule has 10 heteroatoms. The maximum absolute atomic E-state index is 13.4. The summed E-state index contributed by atoms with van der Waals surface area (Å²) >= 11 is 2.56. The summed E-state index contributed by atoms with van der Waals surface area (Å²) in [5, 5.41) is 13.7. The number of benzene rings is 1. The van der Waals surface area contributed by atoms with Gasteiger partial charge in [-0.2, -0.15) is 0 Å². The average Bonchev–Trinajstić information content (AvgIpc) is 3.02. The van der Waals surface area contributed by atoms with E-state index in [1.807, 2.05) is 0 Å². The van der Waals surface area contributed by atoms with Crippen LogP contribution in [0.2, 0.25) is 0 Å². The largest absolute Gasteiger partial charge is 0.394 e.